The highest BCUT2D eigenvalue weighted by molar-refractivity contribution is 7.88. The maximum Gasteiger partial charge on any atom is 0.272 e. The first-order valence-electron chi connectivity index (χ1n) is 10.3. The number of rotatable bonds is 4. The molecule has 9 nitrogen and oxygen atoms in total. The molecule has 1 N–H and O–H groups in total. The van der Waals surface area contributed by atoms with Gasteiger partial charge in [0.15, 0.2) is 17.2 Å². The van der Waals surface area contributed by atoms with E-state index in [2.05, 4.69) is 15.3 Å². The molecule has 1 aromatic rings. The van der Waals surface area contributed by atoms with E-state index in [0.717, 1.165) is 0 Å². The average Bonchev–Trinajstić information content (AvgIpc) is 3.08. The van der Waals surface area contributed by atoms with Gasteiger partial charge in [-0.25, -0.2) is 22.1 Å². The van der Waals surface area contributed by atoms with Gasteiger partial charge >= 0.3 is 0 Å². The summed E-state index contributed by atoms with van der Waals surface area (Å²) in [5.41, 5.74) is -1.07. The molecule has 11 heteroatoms. The van der Waals surface area contributed by atoms with Crippen molar-refractivity contribution < 1.29 is 22.3 Å². The Labute approximate surface area is 176 Å². The number of amides is 1. The Morgan fingerprint density at radius 3 is 2.53 bits per heavy atom. The molecule has 2 atom stereocenters. The van der Waals surface area contributed by atoms with Crippen LogP contribution in [0.1, 0.15) is 46.0 Å². The third-order valence-electron chi connectivity index (χ3n) is 6.03. The third-order valence-corrected chi connectivity index (χ3v) is 7.33. The lowest BCUT2D eigenvalue weighted by Gasteiger charge is -2.40. The van der Waals surface area contributed by atoms with Crippen LogP contribution in [0.2, 0.25) is 0 Å². The zero-order chi connectivity index (χ0) is 21.7. The van der Waals surface area contributed by atoms with Crippen molar-refractivity contribution in [1.82, 2.24) is 14.3 Å². The number of anilines is 2. The molecule has 0 spiro atoms. The lowest BCUT2D eigenvalue weighted by Crippen LogP contribution is -2.56. The Hall–Kier alpha value is -2.01. The summed E-state index contributed by atoms with van der Waals surface area (Å²) in [7, 11) is -3.19. The molecule has 0 unspecified atom stereocenters. The molecular formula is C19H28FN5O4S. The molecule has 166 valence electrons. The fraction of sp³-hybridized carbons (Fsp3) is 0.737. The number of fused-ring (bicyclic) bond motifs is 1. The first kappa shape index (κ1) is 21.2. The molecule has 30 heavy (non-hydrogen) atoms. The molecule has 1 aliphatic carbocycles. The van der Waals surface area contributed by atoms with Gasteiger partial charge in [0, 0.05) is 25.2 Å². The molecule has 1 aromatic heterocycles. The van der Waals surface area contributed by atoms with Crippen molar-refractivity contribution in [3.8, 4) is 5.75 Å². The highest BCUT2D eigenvalue weighted by atomic mass is 32.2. The van der Waals surface area contributed by atoms with Gasteiger partial charge in [-0.1, -0.05) is 0 Å². The van der Waals surface area contributed by atoms with Crippen molar-refractivity contribution in [3.63, 3.8) is 0 Å². The second-order valence-corrected chi connectivity index (χ2v) is 10.8. The van der Waals surface area contributed by atoms with Crippen LogP contribution in [0.25, 0.3) is 0 Å². The molecule has 2 aliphatic heterocycles. The van der Waals surface area contributed by atoms with Gasteiger partial charge in [-0.3, -0.25) is 9.69 Å². The maximum absolute atomic E-state index is 13.9. The number of halogens is 1. The number of carbonyl (C=O) groups excluding carboxylic acids is 1. The minimum Gasteiger partial charge on any atom is -0.472 e. The van der Waals surface area contributed by atoms with Gasteiger partial charge in [0.05, 0.1) is 12.5 Å². The zero-order valence-corrected chi connectivity index (χ0v) is 18.3. The predicted octanol–water partition coefficient (Wildman–Crippen LogP) is 1.71. The van der Waals surface area contributed by atoms with Gasteiger partial charge in [-0.2, -0.15) is 4.98 Å². The lowest BCUT2D eigenvalue weighted by molar-refractivity contribution is -0.133. The van der Waals surface area contributed by atoms with Crippen molar-refractivity contribution in [2.45, 2.75) is 69.8 Å². The number of hydrogen-bond donors (Lipinski definition) is 1. The molecule has 0 aromatic carbocycles. The number of aromatic nitrogens is 2. The number of sulfonamides is 1. The van der Waals surface area contributed by atoms with Crippen LogP contribution in [0.4, 0.5) is 16.2 Å². The lowest BCUT2D eigenvalue weighted by atomic mass is 10.0. The second kappa shape index (κ2) is 7.60. The van der Waals surface area contributed by atoms with Gasteiger partial charge in [-0.15, -0.1) is 0 Å². The van der Waals surface area contributed by atoms with Crippen LogP contribution in [-0.4, -0.2) is 71.8 Å². The number of piperidine rings is 1. The largest absolute Gasteiger partial charge is 0.472 e. The van der Waals surface area contributed by atoms with E-state index in [-0.39, 0.29) is 24.4 Å². The monoisotopic (exact) mass is 441 g/mol. The standard InChI is InChI=1S/C19H28FN5O4S/c1-19(2)17(26)25(14-5-4-12(20)10-14)16-15(29-19)11-21-18(23-16)22-13-6-8-24(9-7-13)30(3,27)28/h11-14H,4-10H2,1-3H3,(H,21,22,23)/t12-,14-/m0/s1. The molecule has 1 amide bonds. The highest BCUT2D eigenvalue weighted by Crippen LogP contribution is 2.41. The van der Waals surface area contributed by atoms with Gasteiger partial charge in [0.25, 0.3) is 5.91 Å². The van der Waals surface area contributed by atoms with Gasteiger partial charge in [0.2, 0.25) is 16.0 Å². The van der Waals surface area contributed by atoms with Crippen molar-refractivity contribution >= 4 is 27.7 Å². The summed E-state index contributed by atoms with van der Waals surface area (Å²) in [5.74, 6) is 0.881. The molecule has 4 rings (SSSR count). The zero-order valence-electron chi connectivity index (χ0n) is 17.5. The molecular weight excluding hydrogens is 413 g/mol. The summed E-state index contributed by atoms with van der Waals surface area (Å²) >= 11 is 0. The fourth-order valence-corrected chi connectivity index (χ4v) is 5.25. The highest BCUT2D eigenvalue weighted by Gasteiger charge is 2.46. The first-order chi connectivity index (χ1) is 14.0. The predicted molar refractivity (Wildman–Crippen MR) is 110 cm³/mol. The summed E-state index contributed by atoms with van der Waals surface area (Å²) in [6, 6.07) is -0.233. The summed E-state index contributed by atoms with van der Waals surface area (Å²) in [6.45, 7) is 4.25. The Morgan fingerprint density at radius 1 is 1.23 bits per heavy atom. The average molecular weight is 442 g/mol. The minimum absolute atomic E-state index is 0.0212. The summed E-state index contributed by atoms with van der Waals surface area (Å²) in [5, 5.41) is 3.25. The van der Waals surface area contributed by atoms with E-state index in [0.29, 0.717) is 56.3 Å². The number of carbonyl (C=O) groups is 1. The van der Waals surface area contributed by atoms with Gasteiger partial charge < -0.3 is 10.1 Å². The Balaban J connectivity index is 1.55. The number of ether oxygens (including phenoxy) is 1. The van der Waals surface area contributed by atoms with Crippen LogP contribution >= 0.6 is 0 Å². The molecule has 2 fully saturated rings. The Bertz CT molecular complexity index is 933. The van der Waals surface area contributed by atoms with Crippen LogP contribution in [-0.2, 0) is 14.8 Å². The van der Waals surface area contributed by atoms with E-state index in [9.17, 15) is 17.6 Å². The normalized spacial score (nSPS) is 27.6. The van der Waals surface area contributed by atoms with E-state index < -0.39 is 21.8 Å². The summed E-state index contributed by atoms with van der Waals surface area (Å²) in [4.78, 5) is 23.5. The van der Waals surface area contributed by atoms with Crippen molar-refractivity contribution in [1.29, 1.82) is 0 Å². The van der Waals surface area contributed by atoms with Crippen LogP contribution < -0.4 is 15.0 Å². The molecule has 1 saturated carbocycles. The number of nitrogens with one attached hydrogen (secondary N) is 1. The van der Waals surface area contributed by atoms with E-state index in [1.807, 2.05) is 0 Å². The number of nitrogens with zero attached hydrogens (tertiary/aromatic N) is 4. The first-order valence-corrected chi connectivity index (χ1v) is 12.1. The number of hydrogen-bond acceptors (Lipinski definition) is 7. The molecule has 3 aliphatic rings. The maximum atomic E-state index is 13.9. The van der Waals surface area contributed by atoms with E-state index in [1.54, 1.807) is 24.9 Å². The Kier molecular flexibility index (Phi) is 5.38. The summed E-state index contributed by atoms with van der Waals surface area (Å²) in [6.07, 6.45) is 4.40. The van der Waals surface area contributed by atoms with Crippen LogP contribution in [0.3, 0.4) is 0 Å². The smallest absolute Gasteiger partial charge is 0.272 e. The topological polar surface area (TPSA) is 105 Å². The van der Waals surface area contributed by atoms with Crippen LogP contribution in [0, 0.1) is 0 Å². The third kappa shape index (κ3) is 4.09. The summed E-state index contributed by atoms with van der Waals surface area (Å²) < 4.78 is 44.5. The molecule has 0 bridgehead atoms. The second-order valence-electron chi connectivity index (χ2n) is 8.81. The van der Waals surface area contributed by atoms with E-state index in [4.69, 9.17) is 4.74 Å². The van der Waals surface area contributed by atoms with Crippen LogP contribution in [0.5, 0.6) is 5.75 Å². The van der Waals surface area contributed by atoms with Gasteiger partial charge in [0.1, 0.15) is 6.17 Å². The molecule has 1 saturated heterocycles. The SMILES string of the molecule is CC1(C)Oc2cnc(NC3CCN(S(C)(=O)=O)CC3)nc2N([C@H]2CC[C@H](F)C2)C1=O. The minimum atomic E-state index is -3.19. The fourth-order valence-electron chi connectivity index (χ4n) is 4.37. The molecule has 0 radical (unpaired) electrons. The van der Waals surface area contributed by atoms with Crippen LogP contribution in [0.15, 0.2) is 6.20 Å². The van der Waals surface area contributed by atoms with Crippen molar-refractivity contribution in [3.05, 3.63) is 6.20 Å². The number of alkyl halides is 1. The van der Waals surface area contributed by atoms with Crippen molar-refractivity contribution in [2.24, 2.45) is 0 Å². The van der Waals surface area contributed by atoms with Crippen molar-refractivity contribution in [2.75, 3.05) is 29.6 Å². The molecule has 3 heterocycles. The van der Waals surface area contributed by atoms with Gasteiger partial charge in [-0.05, 0) is 46.0 Å². The van der Waals surface area contributed by atoms with E-state index >= 15 is 0 Å². The quantitative estimate of drug-likeness (QED) is 0.758. The Morgan fingerprint density at radius 2 is 1.93 bits per heavy atom. The van der Waals surface area contributed by atoms with E-state index in [1.165, 1.54) is 10.6 Å².